The van der Waals surface area contributed by atoms with Crippen LogP contribution >= 0.6 is 0 Å². The summed E-state index contributed by atoms with van der Waals surface area (Å²) in [7, 11) is 0. The van der Waals surface area contributed by atoms with Gasteiger partial charge in [0.1, 0.15) is 0 Å². The first kappa shape index (κ1) is 17.2. The third-order valence-corrected chi connectivity index (χ3v) is 4.63. The molecule has 1 saturated heterocycles. The molecule has 2 atom stereocenters. The Kier molecular flexibility index (Phi) is 6.02. The van der Waals surface area contributed by atoms with Crippen LogP contribution in [0.2, 0.25) is 0 Å². The lowest BCUT2D eigenvalue weighted by atomic mass is 10.0. The summed E-state index contributed by atoms with van der Waals surface area (Å²) in [5.74, 6) is -0.580. The van der Waals surface area contributed by atoms with Gasteiger partial charge in [-0.3, -0.25) is 0 Å². The fourth-order valence-corrected chi connectivity index (χ4v) is 3.25. The normalized spacial score (nSPS) is 24.0. The zero-order valence-electron chi connectivity index (χ0n) is 14.4. The average Bonchev–Trinajstić information content (AvgIpc) is 2.67. The molecule has 3 nitrogen and oxygen atoms in total. The average molecular weight is 325 g/mol. The first-order valence-electron chi connectivity index (χ1n) is 8.94. The number of hydrogen-bond donors (Lipinski definition) is 1. The largest absolute Gasteiger partial charge is 0.346 e. The highest BCUT2D eigenvalue weighted by molar-refractivity contribution is 5.20. The van der Waals surface area contributed by atoms with Gasteiger partial charge in [0.25, 0.3) is 0 Å². The molecule has 3 rings (SSSR count). The first-order chi connectivity index (χ1) is 11.8. The summed E-state index contributed by atoms with van der Waals surface area (Å²) < 4.78 is 12.5. The van der Waals surface area contributed by atoms with Gasteiger partial charge in [-0.25, -0.2) is 0 Å². The molecule has 0 unspecified atom stereocenters. The summed E-state index contributed by atoms with van der Waals surface area (Å²) in [5, 5.41) is 3.51. The standard InChI is InChI=1S/C21H27NO2/c1-2-21(19-11-7-4-8-12-19)23-16-14-20(24-21)13-15-22-17-18-9-5-3-6-10-18/h3-12,20,22H,2,13-17H2,1H3/t20-,21-/m1/s1. The molecule has 0 bridgehead atoms. The molecule has 1 aliphatic rings. The second-order valence-corrected chi connectivity index (χ2v) is 6.30. The Balaban J connectivity index is 1.51. The SMILES string of the molecule is CC[C@@]1(c2ccccc2)OCC[C@@H](CCNCc2ccccc2)O1. The van der Waals surface area contributed by atoms with Crippen molar-refractivity contribution < 1.29 is 9.47 Å². The predicted molar refractivity (Wildman–Crippen MR) is 96.6 cm³/mol. The number of hydrogen-bond acceptors (Lipinski definition) is 3. The van der Waals surface area contributed by atoms with Gasteiger partial charge in [0, 0.05) is 18.5 Å². The van der Waals surface area contributed by atoms with E-state index in [2.05, 4.69) is 48.6 Å². The number of nitrogens with one attached hydrogen (secondary N) is 1. The molecule has 1 heterocycles. The maximum atomic E-state index is 6.40. The molecule has 128 valence electrons. The quantitative estimate of drug-likeness (QED) is 0.773. The van der Waals surface area contributed by atoms with E-state index in [4.69, 9.17) is 9.47 Å². The van der Waals surface area contributed by atoms with Gasteiger partial charge in [0.05, 0.1) is 12.7 Å². The van der Waals surface area contributed by atoms with Crippen LogP contribution in [-0.2, 0) is 21.8 Å². The van der Waals surface area contributed by atoms with E-state index in [1.54, 1.807) is 0 Å². The molecule has 0 radical (unpaired) electrons. The van der Waals surface area contributed by atoms with Gasteiger partial charge >= 0.3 is 0 Å². The van der Waals surface area contributed by atoms with E-state index in [0.717, 1.165) is 44.5 Å². The lowest BCUT2D eigenvalue weighted by Gasteiger charge is -2.41. The van der Waals surface area contributed by atoms with E-state index >= 15 is 0 Å². The molecule has 0 spiro atoms. The molecule has 3 heteroatoms. The van der Waals surface area contributed by atoms with Crippen LogP contribution in [0.15, 0.2) is 60.7 Å². The molecule has 2 aromatic carbocycles. The number of benzene rings is 2. The third kappa shape index (κ3) is 4.23. The first-order valence-corrected chi connectivity index (χ1v) is 8.94. The Morgan fingerprint density at radius 3 is 2.46 bits per heavy atom. The summed E-state index contributed by atoms with van der Waals surface area (Å²) in [6, 6.07) is 20.8. The van der Waals surface area contributed by atoms with Crippen molar-refractivity contribution in [3.05, 3.63) is 71.8 Å². The summed E-state index contributed by atoms with van der Waals surface area (Å²) in [6.45, 7) is 4.74. The lowest BCUT2D eigenvalue weighted by Crippen LogP contribution is -2.42. The van der Waals surface area contributed by atoms with E-state index in [9.17, 15) is 0 Å². The van der Waals surface area contributed by atoms with E-state index in [0.29, 0.717) is 0 Å². The highest BCUT2D eigenvalue weighted by Gasteiger charge is 2.38. The van der Waals surface area contributed by atoms with Crippen molar-refractivity contribution in [2.75, 3.05) is 13.2 Å². The zero-order valence-corrected chi connectivity index (χ0v) is 14.4. The fourth-order valence-electron chi connectivity index (χ4n) is 3.25. The van der Waals surface area contributed by atoms with E-state index in [1.165, 1.54) is 5.56 Å². The molecular formula is C21H27NO2. The van der Waals surface area contributed by atoms with Crippen LogP contribution in [0.1, 0.15) is 37.3 Å². The number of rotatable bonds is 7. The Bertz CT molecular complexity index is 602. The van der Waals surface area contributed by atoms with Crippen LogP contribution in [0.5, 0.6) is 0 Å². The van der Waals surface area contributed by atoms with Crippen molar-refractivity contribution in [2.45, 2.75) is 44.6 Å². The zero-order chi connectivity index (χ0) is 16.7. The van der Waals surface area contributed by atoms with Gasteiger partial charge < -0.3 is 14.8 Å². The van der Waals surface area contributed by atoms with Gasteiger partial charge in [0.2, 0.25) is 0 Å². The van der Waals surface area contributed by atoms with Crippen molar-refractivity contribution in [3.8, 4) is 0 Å². The summed E-state index contributed by atoms with van der Waals surface area (Å²) in [4.78, 5) is 0. The highest BCUT2D eigenvalue weighted by atomic mass is 16.7. The van der Waals surface area contributed by atoms with Crippen LogP contribution in [-0.4, -0.2) is 19.3 Å². The second kappa shape index (κ2) is 8.43. The van der Waals surface area contributed by atoms with Gasteiger partial charge in [-0.1, -0.05) is 67.6 Å². The minimum atomic E-state index is -0.580. The maximum Gasteiger partial charge on any atom is 0.194 e. The van der Waals surface area contributed by atoms with E-state index < -0.39 is 5.79 Å². The minimum Gasteiger partial charge on any atom is -0.346 e. The van der Waals surface area contributed by atoms with E-state index in [-0.39, 0.29) is 6.10 Å². The fraction of sp³-hybridized carbons (Fsp3) is 0.429. The van der Waals surface area contributed by atoms with Crippen LogP contribution in [0.3, 0.4) is 0 Å². The van der Waals surface area contributed by atoms with Crippen LogP contribution < -0.4 is 5.32 Å². The Morgan fingerprint density at radius 2 is 1.75 bits per heavy atom. The lowest BCUT2D eigenvalue weighted by molar-refractivity contribution is -0.305. The Morgan fingerprint density at radius 1 is 1.04 bits per heavy atom. The maximum absolute atomic E-state index is 6.40. The second-order valence-electron chi connectivity index (χ2n) is 6.30. The third-order valence-electron chi connectivity index (χ3n) is 4.63. The van der Waals surface area contributed by atoms with Gasteiger partial charge in [-0.05, 0) is 24.9 Å². The minimum absolute atomic E-state index is 0.238. The van der Waals surface area contributed by atoms with E-state index in [1.807, 2.05) is 24.3 Å². The van der Waals surface area contributed by atoms with Crippen molar-refractivity contribution in [1.29, 1.82) is 0 Å². The van der Waals surface area contributed by atoms with Crippen LogP contribution in [0.25, 0.3) is 0 Å². The van der Waals surface area contributed by atoms with Gasteiger partial charge in [0.15, 0.2) is 5.79 Å². The van der Waals surface area contributed by atoms with Gasteiger partial charge in [-0.2, -0.15) is 0 Å². The molecule has 1 fully saturated rings. The molecule has 2 aromatic rings. The topological polar surface area (TPSA) is 30.5 Å². The van der Waals surface area contributed by atoms with Crippen molar-refractivity contribution in [1.82, 2.24) is 5.32 Å². The van der Waals surface area contributed by atoms with Crippen molar-refractivity contribution in [3.63, 3.8) is 0 Å². The smallest absolute Gasteiger partial charge is 0.194 e. The van der Waals surface area contributed by atoms with Gasteiger partial charge in [-0.15, -0.1) is 0 Å². The van der Waals surface area contributed by atoms with Crippen molar-refractivity contribution in [2.24, 2.45) is 0 Å². The Labute approximate surface area is 145 Å². The van der Waals surface area contributed by atoms with Crippen LogP contribution in [0.4, 0.5) is 0 Å². The molecule has 24 heavy (non-hydrogen) atoms. The predicted octanol–water partition coefficient (Wildman–Crippen LogP) is 4.23. The molecule has 0 aromatic heterocycles. The van der Waals surface area contributed by atoms with Crippen LogP contribution in [0, 0.1) is 0 Å². The highest BCUT2D eigenvalue weighted by Crippen LogP contribution is 2.36. The molecule has 0 aliphatic carbocycles. The summed E-state index contributed by atoms with van der Waals surface area (Å²) in [6.07, 6.45) is 3.03. The summed E-state index contributed by atoms with van der Waals surface area (Å²) >= 11 is 0. The molecule has 0 amide bonds. The molecule has 0 saturated carbocycles. The monoisotopic (exact) mass is 325 g/mol. The molecule has 1 aliphatic heterocycles. The molecular weight excluding hydrogens is 298 g/mol. The Hall–Kier alpha value is -1.68. The summed E-state index contributed by atoms with van der Waals surface area (Å²) in [5.41, 5.74) is 2.44. The van der Waals surface area contributed by atoms with Crippen molar-refractivity contribution >= 4 is 0 Å². The molecule has 1 N–H and O–H groups in total. The number of ether oxygens (including phenoxy) is 2.